The number of hydrogen-bond donors (Lipinski definition) is 1. The van der Waals surface area contributed by atoms with Crippen molar-refractivity contribution in [1.82, 2.24) is 9.88 Å². The molecule has 3 heterocycles. The molecule has 0 saturated carbocycles. The Morgan fingerprint density at radius 3 is 2.92 bits per heavy atom. The number of thiophene rings is 1. The summed E-state index contributed by atoms with van der Waals surface area (Å²) in [6.45, 7) is 4.17. The van der Waals surface area contributed by atoms with Gasteiger partial charge in [0.2, 0.25) is 0 Å². The predicted octanol–water partition coefficient (Wildman–Crippen LogP) is 3.97. The van der Waals surface area contributed by atoms with Crippen molar-refractivity contribution in [3.63, 3.8) is 0 Å². The smallest absolute Gasteiger partial charge is 0.268 e. The van der Waals surface area contributed by atoms with E-state index in [0.717, 1.165) is 35.4 Å². The highest BCUT2D eigenvalue weighted by molar-refractivity contribution is 7.17. The Kier molecular flexibility index (Phi) is 4.59. The third kappa shape index (κ3) is 3.48. The van der Waals surface area contributed by atoms with Gasteiger partial charge in [0, 0.05) is 19.7 Å². The summed E-state index contributed by atoms with van der Waals surface area (Å²) in [5.74, 6) is -0.0222. The molecule has 4 nitrogen and oxygen atoms in total. The van der Waals surface area contributed by atoms with Crippen molar-refractivity contribution >= 4 is 27.5 Å². The number of benzene rings is 1. The molecule has 0 radical (unpaired) electrons. The first-order chi connectivity index (χ1) is 12.2. The van der Waals surface area contributed by atoms with Gasteiger partial charge in [-0.15, -0.1) is 11.3 Å². The molecule has 0 aliphatic carbocycles. The van der Waals surface area contributed by atoms with Crippen LogP contribution in [0.25, 0.3) is 10.2 Å². The van der Waals surface area contributed by atoms with E-state index >= 15 is 0 Å². The van der Waals surface area contributed by atoms with Crippen molar-refractivity contribution in [1.29, 1.82) is 0 Å². The number of hydrogen-bond acceptors (Lipinski definition) is 3. The van der Waals surface area contributed by atoms with Crippen LogP contribution in [0.15, 0.2) is 41.8 Å². The number of carbonyl (C=O) groups excluding carboxylic acids is 1. The van der Waals surface area contributed by atoms with Crippen LogP contribution >= 0.6 is 11.3 Å². The largest absolute Gasteiger partial charge is 0.376 e. The molecule has 2 aromatic heterocycles. The Morgan fingerprint density at radius 1 is 1.32 bits per heavy atom. The summed E-state index contributed by atoms with van der Waals surface area (Å²) >= 11 is 1.67. The molecule has 4 rings (SSSR count). The Hall–Kier alpha value is -2.11. The molecule has 0 spiro atoms. The van der Waals surface area contributed by atoms with Crippen molar-refractivity contribution in [3.05, 3.63) is 58.6 Å². The van der Waals surface area contributed by atoms with Gasteiger partial charge in [-0.2, -0.15) is 0 Å². The van der Waals surface area contributed by atoms with Crippen LogP contribution < -0.4 is 5.32 Å². The first kappa shape index (κ1) is 16.4. The summed E-state index contributed by atoms with van der Waals surface area (Å²) in [5, 5.41) is 5.12. The van der Waals surface area contributed by atoms with Crippen LogP contribution in [0.4, 0.5) is 0 Å². The minimum absolute atomic E-state index is 0.0222. The molecule has 1 fully saturated rings. The summed E-state index contributed by atoms with van der Waals surface area (Å²) in [4.78, 5) is 12.8. The average molecular weight is 354 g/mol. The lowest BCUT2D eigenvalue weighted by atomic mass is 10.1. The molecule has 1 atom stereocenters. The maximum absolute atomic E-state index is 12.8. The van der Waals surface area contributed by atoms with Gasteiger partial charge in [0.15, 0.2) is 0 Å². The number of amides is 1. The molecule has 3 aromatic rings. The number of fused-ring (bicyclic) bond motifs is 1. The minimum Gasteiger partial charge on any atom is -0.376 e. The Balaban J connectivity index is 1.58. The van der Waals surface area contributed by atoms with E-state index in [0.29, 0.717) is 13.1 Å². The lowest BCUT2D eigenvalue weighted by Crippen LogP contribution is -2.33. The quantitative estimate of drug-likeness (QED) is 0.753. The van der Waals surface area contributed by atoms with E-state index in [1.54, 1.807) is 11.3 Å². The lowest BCUT2D eigenvalue weighted by Gasteiger charge is -2.13. The molecule has 1 unspecified atom stereocenters. The van der Waals surface area contributed by atoms with Crippen molar-refractivity contribution in [2.45, 2.75) is 32.4 Å². The fourth-order valence-corrected chi connectivity index (χ4v) is 4.14. The van der Waals surface area contributed by atoms with Gasteiger partial charge < -0.3 is 14.6 Å². The first-order valence-electron chi connectivity index (χ1n) is 8.73. The number of rotatable bonds is 5. The van der Waals surface area contributed by atoms with Gasteiger partial charge in [-0.1, -0.05) is 29.8 Å². The van der Waals surface area contributed by atoms with Gasteiger partial charge in [-0.25, -0.2) is 0 Å². The van der Waals surface area contributed by atoms with Crippen LogP contribution in [0.3, 0.4) is 0 Å². The molecule has 1 aromatic carbocycles. The highest BCUT2D eigenvalue weighted by atomic mass is 32.1. The summed E-state index contributed by atoms with van der Waals surface area (Å²) in [7, 11) is 0. The molecule has 1 saturated heterocycles. The monoisotopic (exact) mass is 354 g/mol. The number of aromatic nitrogens is 1. The van der Waals surface area contributed by atoms with E-state index in [4.69, 9.17) is 4.74 Å². The lowest BCUT2D eigenvalue weighted by molar-refractivity contribution is 0.0851. The summed E-state index contributed by atoms with van der Waals surface area (Å²) in [6, 6.07) is 12.6. The third-order valence-corrected chi connectivity index (χ3v) is 5.58. The van der Waals surface area contributed by atoms with Gasteiger partial charge in [-0.05, 0) is 42.8 Å². The van der Waals surface area contributed by atoms with Crippen LogP contribution in [-0.4, -0.2) is 29.7 Å². The molecule has 1 N–H and O–H groups in total. The molecule has 1 aliphatic rings. The van der Waals surface area contributed by atoms with Gasteiger partial charge >= 0.3 is 0 Å². The second-order valence-corrected chi connectivity index (χ2v) is 7.56. The predicted molar refractivity (Wildman–Crippen MR) is 101 cm³/mol. The first-order valence-corrected chi connectivity index (χ1v) is 9.61. The summed E-state index contributed by atoms with van der Waals surface area (Å²) in [5.41, 5.74) is 4.28. The molecular weight excluding hydrogens is 332 g/mol. The van der Waals surface area contributed by atoms with Crippen LogP contribution in [0.1, 0.15) is 34.5 Å². The minimum atomic E-state index is -0.0222. The molecule has 1 amide bonds. The molecule has 1 aliphatic heterocycles. The Morgan fingerprint density at radius 2 is 2.16 bits per heavy atom. The van der Waals surface area contributed by atoms with Crippen molar-refractivity contribution in [2.75, 3.05) is 13.2 Å². The van der Waals surface area contributed by atoms with Gasteiger partial charge in [0.1, 0.15) is 5.69 Å². The van der Waals surface area contributed by atoms with Gasteiger partial charge in [0.05, 0.1) is 16.3 Å². The number of ether oxygens (including phenoxy) is 1. The number of nitrogens with one attached hydrogen (secondary N) is 1. The zero-order valence-corrected chi connectivity index (χ0v) is 15.1. The maximum Gasteiger partial charge on any atom is 0.268 e. The van der Waals surface area contributed by atoms with Crippen LogP contribution in [-0.2, 0) is 11.3 Å². The second kappa shape index (κ2) is 7.02. The zero-order chi connectivity index (χ0) is 17.2. The molecular formula is C20H22N2O2S. The molecule has 25 heavy (non-hydrogen) atoms. The second-order valence-electron chi connectivity index (χ2n) is 6.62. The van der Waals surface area contributed by atoms with E-state index in [1.165, 1.54) is 11.1 Å². The molecule has 130 valence electrons. The SMILES string of the molecule is Cc1ccc(Cn2c(C(=O)NCC3CCCO3)cc3sccc32)cc1. The Labute approximate surface area is 151 Å². The van der Waals surface area contributed by atoms with Crippen molar-refractivity contribution in [2.24, 2.45) is 0 Å². The van der Waals surface area contributed by atoms with Crippen molar-refractivity contribution in [3.8, 4) is 0 Å². The topological polar surface area (TPSA) is 43.3 Å². The highest BCUT2D eigenvalue weighted by Crippen LogP contribution is 2.26. The van der Waals surface area contributed by atoms with E-state index in [-0.39, 0.29) is 12.0 Å². The van der Waals surface area contributed by atoms with Crippen LogP contribution in [0.5, 0.6) is 0 Å². The Bertz CT molecular complexity index is 873. The van der Waals surface area contributed by atoms with E-state index in [9.17, 15) is 4.79 Å². The fourth-order valence-electron chi connectivity index (χ4n) is 3.31. The average Bonchev–Trinajstić information content (AvgIpc) is 3.33. The van der Waals surface area contributed by atoms with E-state index < -0.39 is 0 Å². The van der Waals surface area contributed by atoms with Crippen LogP contribution in [0.2, 0.25) is 0 Å². The number of carbonyl (C=O) groups is 1. The van der Waals surface area contributed by atoms with E-state index in [1.807, 2.05) is 6.07 Å². The summed E-state index contributed by atoms with van der Waals surface area (Å²) < 4.78 is 8.86. The number of nitrogens with zero attached hydrogens (tertiary/aromatic N) is 1. The number of aryl methyl sites for hydroxylation is 1. The van der Waals surface area contributed by atoms with Gasteiger partial charge in [0.25, 0.3) is 5.91 Å². The zero-order valence-electron chi connectivity index (χ0n) is 14.3. The summed E-state index contributed by atoms with van der Waals surface area (Å²) in [6.07, 6.45) is 2.27. The normalized spacial score (nSPS) is 17.2. The molecule has 5 heteroatoms. The maximum atomic E-state index is 12.8. The van der Waals surface area contributed by atoms with E-state index in [2.05, 4.69) is 52.5 Å². The third-order valence-electron chi connectivity index (χ3n) is 4.73. The van der Waals surface area contributed by atoms with Crippen molar-refractivity contribution < 1.29 is 9.53 Å². The van der Waals surface area contributed by atoms with Gasteiger partial charge in [-0.3, -0.25) is 4.79 Å². The molecule has 0 bridgehead atoms. The fraction of sp³-hybridized carbons (Fsp3) is 0.350. The van der Waals surface area contributed by atoms with Crippen LogP contribution in [0, 0.1) is 6.92 Å². The highest BCUT2D eigenvalue weighted by Gasteiger charge is 2.20. The standard InChI is InChI=1S/C20H22N2O2S/c1-14-4-6-15(7-5-14)13-22-17-8-10-25-19(17)11-18(22)20(23)21-12-16-3-2-9-24-16/h4-8,10-11,16H,2-3,9,12-13H2,1H3,(H,21,23).